The minimum atomic E-state index is -1.04. The maximum atomic E-state index is 11.6. The van der Waals surface area contributed by atoms with Gasteiger partial charge < -0.3 is 4.74 Å². The SMILES string of the molecule is COC(=O)C1(C(=O)NN)CCCCC1.Cl. The Hall–Kier alpha value is -0.810. The molecule has 1 fully saturated rings. The van der Waals surface area contributed by atoms with E-state index in [9.17, 15) is 9.59 Å². The maximum absolute atomic E-state index is 11.6. The van der Waals surface area contributed by atoms with Crippen molar-refractivity contribution in [2.24, 2.45) is 11.3 Å². The number of hydrazine groups is 1. The normalized spacial score (nSPS) is 18.5. The fraction of sp³-hybridized carbons (Fsp3) is 0.778. The first kappa shape index (κ1) is 14.2. The molecule has 0 unspecified atom stereocenters. The Kier molecular flexibility index (Phi) is 5.60. The molecular formula is C9H17ClN2O3. The van der Waals surface area contributed by atoms with E-state index in [1.165, 1.54) is 7.11 Å². The van der Waals surface area contributed by atoms with E-state index in [2.05, 4.69) is 10.2 Å². The van der Waals surface area contributed by atoms with E-state index in [0.717, 1.165) is 19.3 Å². The van der Waals surface area contributed by atoms with Crippen LogP contribution in [0, 0.1) is 5.41 Å². The molecule has 0 aromatic carbocycles. The Bertz CT molecular complexity index is 222. The second kappa shape index (κ2) is 5.92. The van der Waals surface area contributed by atoms with E-state index in [1.807, 2.05) is 0 Å². The molecule has 1 amide bonds. The Labute approximate surface area is 95.1 Å². The molecule has 0 heterocycles. The van der Waals surface area contributed by atoms with Gasteiger partial charge >= 0.3 is 5.97 Å². The molecule has 0 radical (unpaired) electrons. The molecule has 0 bridgehead atoms. The van der Waals surface area contributed by atoms with E-state index >= 15 is 0 Å². The number of amides is 1. The highest BCUT2D eigenvalue weighted by atomic mass is 35.5. The van der Waals surface area contributed by atoms with Crippen LogP contribution in [0.2, 0.25) is 0 Å². The standard InChI is InChI=1S/C9H16N2O3.ClH/c1-14-8(13)9(7(12)11-10)5-3-2-4-6-9;/h2-6,10H2,1H3,(H,11,12);1H. The van der Waals surface area contributed by atoms with Gasteiger partial charge in [0.2, 0.25) is 0 Å². The van der Waals surface area contributed by atoms with Crippen LogP contribution in [0.1, 0.15) is 32.1 Å². The molecule has 0 aromatic heterocycles. The molecular weight excluding hydrogens is 220 g/mol. The summed E-state index contributed by atoms with van der Waals surface area (Å²) in [5.74, 6) is 4.17. The quantitative estimate of drug-likeness (QED) is 0.241. The first-order valence-electron chi connectivity index (χ1n) is 4.77. The van der Waals surface area contributed by atoms with Crippen molar-refractivity contribution >= 4 is 24.3 Å². The second-order valence-electron chi connectivity index (χ2n) is 3.61. The number of ether oxygens (including phenoxy) is 1. The Morgan fingerprint density at radius 3 is 2.20 bits per heavy atom. The second-order valence-corrected chi connectivity index (χ2v) is 3.61. The highest BCUT2D eigenvalue weighted by Crippen LogP contribution is 2.37. The van der Waals surface area contributed by atoms with Crippen molar-refractivity contribution in [2.75, 3.05) is 7.11 Å². The van der Waals surface area contributed by atoms with Gasteiger partial charge in [0.05, 0.1) is 7.11 Å². The molecule has 3 N–H and O–H groups in total. The van der Waals surface area contributed by atoms with Crippen LogP contribution in [0.3, 0.4) is 0 Å². The van der Waals surface area contributed by atoms with Crippen LogP contribution in [0.5, 0.6) is 0 Å². The van der Waals surface area contributed by atoms with Gasteiger partial charge in [-0.05, 0) is 12.8 Å². The molecule has 88 valence electrons. The summed E-state index contributed by atoms with van der Waals surface area (Å²) in [4.78, 5) is 23.1. The lowest BCUT2D eigenvalue weighted by molar-refractivity contribution is -0.161. The van der Waals surface area contributed by atoms with Crippen LogP contribution in [0.15, 0.2) is 0 Å². The first-order valence-corrected chi connectivity index (χ1v) is 4.77. The van der Waals surface area contributed by atoms with Crippen molar-refractivity contribution in [1.82, 2.24) is 5.43 Å². The lowest BCUT2D eigenvalue weighted by Crippen LogP contribution is -2.50. The highest BCUT2D eigenvalue weighted by Gasteiger charge is 2.47. The monoisotopic (exact) mass is 236 g/mol. The molecule has 1 saturated carbocycles. The van der Waals surface area contributed by atoms with Gasteiger partial charge in [-0.3, -0.25) is 15.0 Å². The molecule has 0 aromatic rings. The number of halogens is 1. The number of methoxy groups -OCH3 is 1. The van der Waals surface area contributed by atoms with Gasteiger partial charge in [0.1, 0.15) is 5.41 Å². The minimum absolute atomic E-state index is 0. The molecule has 5 nitrogen and oxygen atoms in total. The maximum Gasteiger partial charge on any atom is 0.321 e. The largest absolute Gasteiger partial charge is 0.468 e. The topological polar surface area (TPSA) is 81.4 Å². The predicted octanol–water partition coefficient (Wildman–Crippen LogP) is 0.522. The zero-order chi connectivity index (χ0) is 10.6. The third-order valence-corrected chi connectivity index (χ3v) is 2.85. The number of nitrogens with two attached hydrogens (primary N) is 1. The number of rotatable bonds is 2. The van der Waals surface area contributed by atoms with Gasteiger partial charge in [-0.1, -0.05) is 19.3 Å². The molecule has 0 saturated heterocycles. The van der Waals surface area contributed by atoms with Crippen molar-refractivity contribution in [3.05, 3.63) is 0 Å². The minimum Gasteiger partial charge on any atom is -0.468 e. The molecule has 15 heavy (non-hydrogen) atoms. The molecule has 0 spiro atoms. The average Bonchev–Trinajstić information content (AvgIpc) is 2.27. The van der Waals surface area contributed by atoms with E-state index in [0.29, 0.717) is 12.8 Å². The predicted molar refractivity (Wildman–Crippen MR) is 57.1 cm³/mol. The summed E-state index contributed by atoms with van der Waals surface area (Å²) in [6.07, 6.45) is 3.84. The lowest BCUT2D eigenvalue weighted by atomic mass is 9.73. The zero-order valence-electron chi connectivity index (χ0n) is 8.75. The Morgan fingerprint density at radius 2 is 1.80 bits per heavy atom. The first-order chi connectivity index (χ1) is 6.67. The summed E-state index contributed by atoms with van der Waals surface area (Å²) in [6.45, 7) is 0. The van der Waals surface area contributed by atoms with Gasteiger partial charge in [-0.25, -0.2) is 5.84 Å². The molecule has 0 aliphatic heterocycles. The van der Waals surface area contributed by atoms with Crippen molar-refractivity contribution in [3.63, 3.8) is 0 Å². The van der Waals surface area contributed by atoms with E-state index in [1.54, 1.807) is 0 Å². The van der Waals surface area contributed by atoms with Crippen LogP contribution in [0.4, 0.5) is 0 Å². The molecule has 1 aliphatic carbocycles. The highest BCUT2D eigenvalue weighted by molar-refractivity contribution is 6.02. The Morgan fingerprint density at radius 1 is 1.27 bits per heavy atom. The zero-order valence-corrected chi connectivity index (χ0v) is 9.56. The number of nitrogens with one attached hydrogen (secondary N) is 1. The number of hydrogen-bond acceptors (Lipinski definition) is 4. The van der Waals surface area contributed by atoms with Gasteiger partial charge in [0, 0.05) is 0 Å². The summed E-state index contributed by atoms with van der Waals surface area (Å²) < 4.78 is 4.66. The average molecular weight is 237 g/mol. The van der Waals surface area contributed by atoms with Crippen LogP contribution >= 0.6 is 12.4 Å². The van der Waals surface area contributed by atoms with E-state index in [4.69, 9.17) is 5.84 Å². The van der Waals surface area contributed by atoms with Crippen LogP contribution < -0.4 is 11.3 Å². The van der Waals surface area contributed by atoms with Gasteiger partial charge in [0.15, 0.2) is 0 Å². The summed E-state index contributed by atoms with van der Waals surface area (Å²) in [6, 6.07) is 0. The summed E-state index contributed by atoms with van der Waals surface area (Å²) in [7, 11) is 1.29. The van der Waals surface area contributed by atoms with Crippen molar-refractivity contribution < 1.29 is 14.3 Å². The van der Waals surface area contributed by atoms with Gasteiger partial charge in [0.25, 0.3) is 5.91 Å². The number of hydrogen-bond donors (Lipinski definition) is 2. The van der Waals surface area contributed by atoms with E-state index < -0.39 is 17.3 Å². The number of carbonyl (C=O) groups is 2. The molecule has 6 heteroatoms. The molecule has 1 rings (SSSR count). The fourth-order valence-electron chi connectivity index (χ4n) is 2.01. The van der Waals surface area contributed by atoms with Crippen LogP contribution in [0.25, 0.3) is 0 Å². The van der Waals surface area contributed by atoms with Gasteiger partial charge in [-0.2, -0.15) is 0 Å². The van der Waals surface area contributed by atoms with Gasteiger partial charge in [-0.15, -0.1) is 12.4 Å². The van der Waals surface area contributed by atoms with Crippen LogP contribution in [-0.4, -0.2) is 19.0 Å². The van der Waals surface area contributed by atoms with E-state index in [-0.39, 0.29) is 12.4 Å². The third-order valence-electron chi connectivity index (χ3n) is 2.85. The Balaban J connectivity index is 0.00000196. The third kappa shape index (κ3) is 2.60. The van der Waals surface area contributed by atoms with Crippen molar-refractivity contribution in [1.29, 1.82) is 0 Å². The number of carbonyl (C=O) groups excluding carboxylic acids is 2. The number of esters is 1. The van der Waals surface area contributed by atoms with Crippen LogP contribution in [-0.2, 0) is 14.3 Å². The fourth-order valence-corrected chi connectivity index (χ4v) is 2.01. The smallest absolute Gasteiger partial charge is 0.321 e. The van der Waals surface area contributed by atoms with Crippen molar-refractivity contribution in [2.45, 2.75) is 32.1 Å². The lowest BCUT2D eigenvalue weighted by Gasteiger charge is -2.32. The summed E-state index contributed by atoms with van der Waals surface area (Å²) in [5.41, 5.74) is 1.01. The summed E-state index contributed by atoms with van der Waals surface area (Å²) >= 11 is 0. The summed E-state index contributed by atoms with van der Waals surface area (Å²) in [5, 5.41) is 0. The van der Waals surface area contributed by atoms with Crippen molar-refractivity contribution in [3.8, 4) is 0 Å². The molecule has 1 aliphatic rings. The molecule has 0 atom stereocenters.